The Kier molecular flexibility index (Phi) is 10.8. The molecule has 2 N–H and O–H groups in total. The molecule has 1 heteroatoms. The van der Waals surface area contributed by atoms with Gasteiger partial charge in [0.15, 0.2) is 0 Å². The Hall–Kier alpha value is -0.0400. The Morgan fingerprint density at radius 3 is 2.11 bits per heavy atom. The SMILES string of the molecule is CCCC[C@@](C)(CC)CCCC(C)CCCCN. The minimum absolute atomic E-state index is 0.604. The Morgan fingerprint density at radius 1 is 0.944 bits per heavy atom. The predicted molar refractivity (Wildman–Crippen MR) is 83.8 cm³/mol. The van der Waals surface area contributed by atoms with Gasteiger partial charge in [-0.1, -0.05) is 72.6 Å². The highest BCUT2D eigenvalue weighted by molar-refractivity contribution is 4.73. The Labute approximate surface area is 116 Å². The van der Waals surface area contributed by atoms with E-state index in [1.165, 1.54) is 64.2 Å². The largest absolute Gasteiger partial charge is 0.330 e. The summed E-state index contributed by atoms with van der Waals surface area (Å²) < 4.78 is 0. The third-order valence-electron chi connectivity index (χ3n) is 4.62. The molecule has 0 rings (SSSR count). The van der Waals surface area contributed by atoms with Gasteiger partial charge in [0, 0.05) is 0 Å². The van der Waals surface area contributed by atoms with Gasteiger partial charge in [-0.15, -0.1) is 0 Å². The standard InChI is InChI=1S/C17H37N/c1-5-7-13-17(4,6-2)14-10-12-16(3)11-8-9-15-18/h16H,5-15,18H2,1-4H3/t16?,17-/m1/s1. The van der Waals surface area contributed by atoms with Crippen LogP contribution in [0.3, 0.4) is 0 Å². The number of unbranched alkanes of at least 4 members (excludes halogenated alkanes) is 2. The van der Waals surface area contributed by atoms with Crippen molar-refractivity contribution in [1.82, 2.24) is 0 Å². The molecular weight excluding hydrogens is 218 g/mol. The summed E-state index contributed by atoms with van der Waals surface area (Å²) in [4.78, 5) is 0. The van der Waals surface area contributed by atoms with E-state index >= 15 is 0 Å². The zero-order valence-corrected chi connectivity index (χ0v) is 13.4. The lowest BCUT2D eigenvalue weighted by Gasteiger charge is -2.28. The molecule has 0 bridgehead atoms. The Morgan fingerprint density at radius 2 is 1.56 bits per heavy atom. The molecule has 0 aliphatic carbocycles. The lowest BCUT2D eigenvalue weighted by atomic mass is 9.77. The molecule has 0 fully saturated rings. The highest BCUT2D eigenvalue weighted by Crippen LogP contribution is 2.34. The lowest BCUT2D eigenvalue weighted by Crippen LogP contribution is -2.15. The van der Waals surface area contributed by atoms with E-state index in [1.807, 2.05) is 0 Å². The molecule has 0 heterocycles. The first-order chi connectivity index (χ1) is 8.58. The van der Waals surface area contributed by atoms with Crippen LogP contribution in [0.15, 0.2) is 0 Å². The van der Waals surface area contributed by atoms with Gasteiger partial charge >= 0.3 is 0 Å². The van der Waals surface area contributed by atoms with Gasteiger partial charge in [-0.2, -0.15) is 0 Å². The van der Waals surface area contributed by atoms with Crippen LogP contribution in [0.25, 0.3) is 0 Å². The maximum Gasteiger partial charge on any atom is -0.00773 e. The smallest absolute Gasteiger partial charge is 0.00773 e. The van der Waals surface area contributed by atoms with E-state index in [1.54, 1.807) is 0 Å². The van der Waals surface area contributed by atoms with Crippen LogP contribution < -0.4 is 5.73 Å². The quantitative estimate of drug-likeness (QED) is 0.456. The van der Waals surface area contributed by atoms with Crippen LogP contribution in [0.1, 0.15) is 91.9 Å². The van der Waals surface area contributed by atoms with Crippen LogP contribution in [0.5, 0.6) is 0 Å². The molecule has 2 atom stereocenters. The van der Waals surface area contributed by atoms with E-state index in [4.69, 9.17) is 5.73 Å². The third kappa shape index (κ3) is 8.97. The Bertz CT molecular complexity index is 178. The van der Waals surface area contributed by atoms with Gasteiger partial charge in [0.25, 0.3) is 0 Å². The van der Waals surface area contributed by atoms with Crippen LogP contribution in [-0.2, 0) is 0 Å². The molecule has 0 saturated carbocycles. The summed E-state index contributed by atoms with van der Waals surface area (Å²) in [6.45, 7) is 10.4. The van der Waals surface area contributed by atoms with E-state index < -0.39 is 0 Å². The minimum atomic E-state index is 0.604. The zero-order valence-electron chi connectivity index (χ0n) is 13.4. The maximum atomic E-state index is 5.54. The molecule has 0 saturated heterocycles. The van der Waals surface area contributed by atoms with Crippen LogP contribution in [0.2, 0.25) is 0 Å². The van der Waals surface area contributed by atoms with Crippen LogP contribution in [0.4, 0.5) is 0 Å². The molecule has 0 amide bonds. The van der Waals surface area contributed by atoms with Crippen molar-refractivity contribution in [2.45, 2.75) is 91.9 Å². The van der Waals surface area contributed by atoms with Gasteiger partial charge in [0.1, 0.15) is 0 Å². The van der Waals surface area contributed by atoms with Crippen molar-refractivity contribution in [1.29, 1.82) is 0 Å². The first-order valence-corrected chi connectivity index (χ1v) is 8.28. The fourth-order valence-electron chi connectivity index (χ4n) is 2.74. The molecule has 0 aromatic carbocycles. The van der Waals surface area contributed by atoms with E-state index in [9.17, 15) is 0 Å². The van der Waals surface area contributed by atoms with Gasteiger partial charge in [0.2, 0.25) is 0 Å². The maximum absolute atomic E-state index is 5.54. The average Bonchev–Trinajstić information content (AvgIpc) is 2.37. The topological polar surface area (TPSA) is 26.0 Å². The second kappa shape index (κ2) is 10.8. The van der Waals surface area contributed by atoms with Gasteiger partial charge in [-0.25, -0.2) is 0 Å². The highest BCUT2D eigenvalue weighted by Gasteiger charge is 2.20. The zero-order chi connectivity index (χ0) is 13.9. The molecule has 18 heavy (non-hydrogen) atoms. The van der Waals surface area contributed by atoms with E-state index in [-0.39, 0.29) is 0 Å². The molecule has 1 unspecified atom stereocenters. The van der Waals surface area contributed by atoms with E-state index in [2.05, 4.69) is 27.7 Å². The summed E-state index contributed by atoms with van der Waals surface area (Å²) in [6, 6.07) is 0. The van der Waals surface area contributed by atoms with Gasteiger partial charge in [-0.05, 0) is 37.1 Å². The average molecular weight is 255 g/mol. The minimum Gasteiger partial charge on any atom is -0.330 e. The normalized spacial score (nSPS) is 16.5. The number of rotatable bonds is 12. The van der Waals surface area contributed by atoms with Gasteiger partial charge in [0.05, 0.1) is 0 Å². The van der Waals surface area contributed by atoms with E-state index in [0.717, 1.165) is 12.5 Å². The summed E-state index contributed by atoms with van der Waals surface area (Å²) in [5.41, 5.74) is 6.14. The Balaban J connectivity index is 3.71. The fourth-order valence-corrected chi connectivity index (χ4v) is 2.74. The predicted octanol–water partition coefficient (Wildman–Crippen LogP) is 5.53. The lowest BCUT2D eigenvalue weighted by molar-refractivity contribution is 0.237. The van der Waals surface area contributed by atoms with Crippen molar-refractivity contribution >= 4 is 0 Å². The van der Waals surface area contributed by atoms with Crippen molar-refractivity contribution in [3.63, 3.8) is 0 Å². The van der Waals surface area contributed by atoms with E-state index in [0.29, 0.717) is 5.41 Å². The number of hydrogen-bond acceptors (Lipinski definition) is 1. The second-order valence-electron chi connectivity index (χ2n) is 6.55. The highest BCUT2D eigenvalue weighted by atomic mass is 14.5. The summed E-state index contributed by atoms with van der Waals surface area (Å²) in [7, 11) is 0. The summed E-state index contributed by atoms with van der Waals surface area (Å²) in [6.07, 6.45) is 13.6. The molecule has 0 spiro atoms. The molecule has 0 aliphatic rings. The first-order valence-electron chi connectivity index (χ1n) is 8.28. The molecule has 1 nitrogen and oxygen atoms in total. The van der Waals surface area contributed by atoms with Gasteiger partial charge in [-0.3, -0.25) is 0 Å². The van der Waals surface area contributed by atoms with Crippen molar-refractivity contribution in [2.24, 2.45) is 17.1 Å². The number of nitrogens with two attached hydrogens (primary N) is 1. The second-order valence-corrected chi connectivity index (χ2v) is 6.55. The fraction of sp³-hybridized carbons (Fsp3) is 1.00. The van der Waals surface area contributed by atoms with Gasteiger partial charge < -0.3 is 5.73 Å². The molecule has 110 valence electrons. The summed E-state index contributed by atoms with van der Waals surface area (Å²) in [5.74, 6) is 0.892. The molecule has 0 aromatic rings. The molecular formula is C17H37N. The first kappa shape index (κ1) is 18.0. The summed E-state index contributed by atoms with van der Waals surface area (Å²) in [5, 5.41) is 0. The third-order valence-corrected chi connectivity index (χ3v) is 4.62. The van der Waals surface area contributed by atoms with Crippen molar-refractivity contribution in [3.8, 4) is 0 Å². The van der Waals surface area contributed by atoms with Crippen molar-refractivity contribution < 1.29 is 0 Å². The molecule has 0 aromatic heterocycles. The van der Waals surface area contributed by atoms with Crippen LogP contribution >= 0.6 is 0 Å². The van der Waals surface area contributed by atoms with Crippen molar-refractivity contribution in [3.05, 3.63) is 0 Å². The van der Waals surface area contributed by atoms with Crippen LogP contribution in [-0.4, -0.2) is 6.54 Å². The summed E-state index contributed by atoms with van der Waals surface area (Å²) >= 11 is 0. The van der Waals surface area contributed by atoms with Crippen LogP contribution in [0, 0.1) is 11.3 Å². The number of hydrogen-bond donors (Lipinski definition) is 1. The van der Waals surface area contributed by atoms with Crippen molar-refractivity contribution in [2.75, 3.05) is 6.54 Å². The monoisotopic (exact) mass is 255 g/mol. The molecule has 0 aliphatic heterocycles. The molecule has 0 radical (unpaired) electrons.